The van der Waals surface area contributed by atoms with E-state index >= 15 is 0 Å². The second-order valence-corrected chi connectivity index (χ2v) is 6.31. The number of amides is 3. The van der Waals surface area contributed by atoms with Crippen LogP contribution in [0.5, 0.6) is 0 Å². The second-order valence-electron chi connectivity index (χ2n) is 5.40. The van der Waals surface area contributed by atoms with Crippen LogP contribution < -0.4 is 16.0 Å². The first-order valence-electron chi connectivity index (χ1n) is 7.22. The minimum atomic E-state index is -0.556. The van der Waals surface area contributed by atoms with Crippen LogP contribution in [0.4, 0.5) is 10.6 Å². The molecule has 1 aliphatic rings. The normalized spacial score (nSPS) is 17.3. The summed E-state index contributed by atoms with van der Waals surface area (Å²) in [5, 5.41) is 11.8. The van der Waals surface area contributed by atoms with Crippen LogP contribution in [0.3, 0.4) is 0 Å². The average Bonchev–Trinajstić information content (AvgIpc) is 2.92. The van der Waals surface area contributed by atoms with E-state index in [2.05, 4.69) is 37.0 Å². The fraction of sp³-hybridized carbons (Fsp3) is 0.188. The summed E-state index contributed by atoms with van der Waals surface area (Å²) in [6.07, 6.45) is 0. The van der Waals surface area contributed by atoms with Gasteiger partial charge in [0.1, 0.15) is 5.76 Å². The Hall–Kier alpha value is -2.61. The highest BCUT2D eigenvalue weighted by atomic mass is 79.9. The number of aryl methyl sites for hydroxylation is 1. The third-order valence-corrected chi connectivity index (χ3v) is 4.12. The number of carbonyl (C=O) groups is 2. The van der Waals surface area contributed by atoms with Gasteiger partial charge in [-0.2, -0.15) is 0 Å². The molecule has 124 valence electrons. The lowest BCUT2D eigenvalue weighted by molar-refractivity contribution is -0.113. The Bertz CT molecular complexity index is 826. The van der Waals surface area contributed by atoms with Crippen molar-refractivity contribution in [3.8, 4) is 0 Å². The largest absolute Gasteiger partial charge is 0.360 e. The van der Waals surface area contributed by atoms with Crippen LogP contribution in [-0.2, 0) is 4.79 Å². The van der Waals surface area contributed by atoms with Crippen molar-refractivity contribution in [2.24, 2.45) is 0 Å². The molecule has 1 aromatic heterocycles. The van der Waals surface area contributed by atoms with Crippen molar-refractivity contribution in [2.75, 3.05) is 5.32 Å². The molecule has 1 aliphatic heterocycles. The predicted molar refractivity (Wildman–Crippen MR) is 91.1 cm³/mol. The molecule has 3 rings (SSSR count). The van der Waals surface area contributed by atoms with Crippen molar-refractivity contribution < 1.29 is 14.1 Å². The molecule has 0 fully saturated rings. The summed E-state index contributed by atoms with van der Waals surface area (Å²) in [5.41, 5.74) is 1.70. The number of hydrogen-bond donors (Lipinski definition) is 3. The number of hydrogen-bond acceptors (Lipinski definition) is 4. The van der Waals surface area contributed by atoms with Gasteiger partial charge in [0, 0.05) is 16.2 Å². The Kier molecular flexibility index (Phi) is 4.39. The summed E-state index contributed by atoms with van der Waals surface area (Å²) in [6, 6.07) is 8.12. The smallest absolute Gasteiger partial charge is 0.319 e. The van der Waals surface area contributed by atoms with Gasteiger partial charge in [-0.25, -0.2) is 4.79 Å². The molecule has 0 bridgehead atoms. The minimum Gasteiger partial charge on any atom is -0.360 e. The SMILES string of the molecule is CC1=C(C(=O)Nc2cc(C)on2)C(c2ccc(Br)cc2)NC(=O)N1. The molecule has 2 heterocycles. The Morgan fingerprint density at radius 1 is 1.29 bits per heavy atom. The zero-order chi connectivity index (χ0) is 17.3. The van der Waals surface area contributed by atoms with E-state index in [9.17, 15) is 9.59 Å². The zero-order valence-corrected chi connectivity index (χ0v) is 14.6. The lowest BCUT2D eigenvalue weighted by atomic mass is 9.95. The number of carbonyl (C=O) groups excluding carboxylic acids is 2. The van der Waals surface area contributed by atoms with Crippen LogP contribution in [0.25, 0.3) is 0 Å². The predicted octanol–water partition coefficient (Wildman–Crippen LogP) is 3.01. The third kappa shape index (κ3) is 3.33. The maximum absolute atomic E-state index is 12.7. The molecule has 3 N–H and O–H groups in total. The molecule has 0 saturated heterocycles. The minimum absolute atomic E-state index is 0.323. The van der Waals surface area contributed by atoms with Gasteiger partial charge >= 0.3 is 6.03 Å². The Morgan fingerprint density at radius 3 is 2.62 bits per heavy atom. The molecule has 0 radical (unpaired) electrons. The van der Waals surface area contributed by atoms with Crippen LogP contribution in [0.2, 0.25) is 0 Å². The Labute approximate surface area is 146 Å². The number of halogens is 1. The Morgan fingerprint density at radius 2 is 2.00 bits per heavy atom. The van der Waals surface area contributed by atoms with Crippen molar-refractivity contribution in [3.05, 3.63) is 57.4 Å². The number of benzene rings is 1. The molecule has 1 atom stereocenters. The van der Waals surface area contributed by atoms with Gasteiger partial charge < -0.3 is 20.5 Å². The molecular weight excluding hydrogens is 376 g/mol. The van der Waals surface area contributed by atoms with Gasteiger partial charge in [0.15, 0.2) is 5.82 Å². The van der Waals surface area contributed by atoms with Crippen LogP contribution in [0, 0.1) is 6.92 Å². The topological polar surface area (TPSA) is 96.3 Å². The lowest BCUT2D eigenvalue weighted by Gasteiger charge is -2.28. The van der Waals surface area contributed by atoms with E-state index in [1.165, 1.54) is 0 Å². The molecule has 7 nitrogen and oxygen atoms in total. The number of nitrogens with one attached hydrogen (secondary N) is 3. The van der Waals surface area contributed by atoms with Crippen LogP contribution >= 0.6 is 15.9 Å². The van der Waals surface area contributed by atoms with E-state index in [1.54, 1.807) is 19.9 Å². The first-order chi connectivity index (χ1) is 11.4. The number of anilines is 1. The molecular formula is C16H15BrN4O3. The van der Waals surface area contributed by atoms with Gasteiger partial charge in [0.05, 0.1) is 11.6 Å². The van der Waals surface area contributed by atoms with Gasteiger partial charge in [0.25, 0.3) is 5.91 Å². The summed E-state index contributed by atoms with van der Waals surface area (Å²) >= 11 is 3.37. The fourth-order valence-corrected chi connectivity index (χ4v) is 2.77. The number of rotatable bonds is 3. The summed E-state index contributed by atoms with van der Waals surface area (Å²) in [7, 11) is 0. The number of urea groups is 1. The van der Waals surface area contributed by atoms with Gasteiger partial charge in [0.2, 0.25) is 0 Å². The molecule has 3 amide bonds. The standard InChI is InChI=1S/C16H15BrN4O3/c1-8-7-12(21-24-8)19-15(22)13-9(2)18-16(23)20-14(13)10-3-5-11(17)6-4-10/h3-7,14H,1-2H3,(H2,18,20,23)(H,19,21,22). The maximum atomic E-state index is 12.7. The highest BCUT2D eigenvalue weighted by molar-refractivity contribution is 9.10. The average molecular weight is 391 g/mol. The number of aromatic nitrogens is 1. The Balaban J connectivity index is 1.94. The van der Waals surface area contributed by atoms with Crippen molar-refractivity contribution in [1.82, 2.24) is 15.8 Å². The fourth-order valence-electron chi connectivity index (χ4n) is 2.51. The summed E-state index contributed by atoms with van der Waals surface area (Å²) in [4.78, 5) is 24.5. The second kappa shape index (κ2) is 6.48. The monoisotopic (exact) mass is 390 g/mol. The van der Waals surface area contributed by atoms with Crippen LogP contribution in [0.1, 0.15) is 24.3 Å². The molecule has 0 aliphatic carbocycles. The lowest BCUT2D eigenvalue weighted by Crippen LogP contribution is -2.45. The zero-order valence-electron chi connectivity index (χ0n) is 13.0. The van der Waals surface area contributed by atoms with Crippen molar-refractivity contribution in [2.45, 2.75) is 19.9 Å². The quantitative estimate of drug-likeness (QED) is 0.750. The molecule has 8 heteroatoms. The molecule has 0 saturated carbocycles. The van der Waals surface area contributed by atoms with Gasteiger partial charge in [-0.15, -0.1) is 0 Å². The van der Waals surface area contributed by atoms with E-state index in [0.717, 1.165) is 10.0 Å². The first-order valence-corrected chi connectivity index (χ1v) is 8.02. The van der Waals surface area contributed by atoms with E-state index in [-0.39, 0.29) is 11.9 Å². The molecule has 24 heavy (non-hydrogen) atoms. The molecule has 0 spiro atoms. The highest BCUT2D eigenvalue weighted by Crippen LogP contribution is 2.28. The van der Waals surface area contributed by atoms with Gasteiger partial charge in [-0.3, -0.25) is 4.79 Å². The first kappa shape index (κ1) is 16.3. The van der Waals surface area contributed by atoms with Gasteiger partial charge in [-0.1, -0.05) is 33.2 Å². The van der Waals surface area contributed by atoms with E-state index in [4.69, 9.17) is 4.52 Å². The van der Waals surface area contributed by atoms with Crippen molar-refractivity contribution in [1.29, 1.82) is 0 Å². The van der Waals surface area contributed by atoms with E-state index in [0.29, 0.717) is 22.8 Å². The summed E-state index contributed by atoms with van der Waals surface area (Å²) in [6.45, 7) is 3.42. The summed E-state index contributed by atoms with van der Waals surface area (Å²) < 4.78 is 5.86. The molecule has 2 aromatic rings. The number of allylic oxidation sites excluding steroid dienone is 1. The third-order valence-electron chi connectivity index (χ3n) is 3.59. The van der Waals surface area contributed by atoms with Crippen LogP contribution in [-0.4, -0.2) is 17.1 Å². The number of nitrogens with zero attached hydrogens (tertiary/aromatic N) is 1. The van der Waals surface area contributed by atoms with E-state index < -0.39 is 6.04 Å². The molecule has 1 unspecified atom stereocenters. The maximum Gasteiger partial charge on any atom is 0.319 e. The van der Waals surface area contributed by atoms with Crippen molar-refractivity contribution >= 4 is 33.7 Å². The molecule has 1 aromatic carbocycles. The highest BCUT2D eigenvalue weighted by Gasteiger charge is 2.31. The van der Waals surface area contributed by atoms with E-state index in [1.807, 2.05) is 24.3 Å². The van der Waals surface area contributed by atoms with Crippen LogP contribution in [0.15, 0.2) is 50.6 Å². The van der Waals surface area contributed by atoms with Gasteiger partial charge in [-0.05, 0) is 31.5 Å². The van der Waals surface area contributed by atoms with Crippen molar-refractivity contribution in [3.63, 3.8) is 0 Å². The summed E-state index contributed by atoms with van der Waals surface area (Å²) in [5.74, 6) is 0.556.